The zero-order chi connectivity index (χ0) is 34.6. The van der Waals surface area contributed by atoms with Gasteiger partial charge in [0.1, 0.15) is 0 Å². The number of halogens is 6. The molecule has 0 aliphatic carbocycles. The molecule has 0 atom stereocenters. The van der Waals surface area contributed by atoms with Gasteiger partial charge in [-0.1, -0.05) is 0 Å². The van der Waals surface area contributed by atoms with Crippen LogP contribution in [0.5, 0.6) is 0 Å². The average Bonchev–Trinajstić information content (AvgIpc) is 3.74. The molecular formula is C28H26F6N8O6. The highest BCUT2D eigenvalue weighted by molar-refractivity contribution is 5.85. The van der Waals surface area contributed by atoms with E-state index in [1.165, 1.54) is 22.2 Å². The molecule has 0 saturated carbocycles. The monoisotopic (exact) mass is 684 g/mol. The fourth-order valence-electron chi connectivity index (χ4n) is 4.70. The number of anilines is 2. The fraction of sp³-hybridized carbons (Fsp3) is 0.429. The Kier molecular flexibility index (Phi) is 9.80. The molecule has 2 saturated heterocycles. The number of piperidine rings is 2. The average molecular weight is 685 g/mol. The molecule has 6 heterocycles. The van der Waals surface area contributed by atoms with Crippen molar-refractivity contribution in [2.45, 2.75) is 44.5 Å². The van der Waals surface area contributed by atoms with Gasteiger partial charge in [0.25, 0.3) is 35.3 Å². The van der Waals surface area contributed by atoms with Crippen LogP contribution in [0.1, 0.15) is 53.8 Å². The summed E-state index contributed by atoms with van der Waals surface area (Å²) >= 11 is 0. The molecule has 0 radical (unpaired) electrons. The first kappa shape index (κ1) is 34.0. The predicted molar refractivity (Wildman–Crippen MR) is 151 cm³/mol. The van der Waals surface area contributed by atoms with Gasteiger partial charge in [-0.2, -0.15) is 9.97 Å². The van der Waals surface area contributed by atoms with Crippen molar-refractivity contribution in [1.29, 1.82) is 0 Å². The maximum atomic E-state index is 14.3. The van der Waals surface area contributed by atoms with Crippen molar-refractivity contribution in [2.75, 3.05) is 42.6 Å². The Morgan fingerprint density at radius 3 is 1.58 bits per heavy atom. The minimum absolute atomic E-state index is 0.0000133. The fourth-order valence-corrected chi connectivity index (χ4v) is 4.70. The number of nitrogens with zero attached hydrogens (tertiary/aromatic N) is 8. The zero-order valence-corrected chi connectivity index (χ0v) is 25.0. The van der Waals surface area contributed by atoms with Crippen molar-refractivity contribution >= 4 is 23.6 Å². The van der Waals surface area contributed by atoms with Gasteiger partial charge in [-0.15, -0.1) is 0 Å². The number of carbonyl (C=O) groups excluding carboxylic acids is 1. The molecule has 14 nitrogen and oxygen atoms in total. The number of alkyl halides is 4. The molecule has 0 spiro atoms. The van der Waals surface area contributed by atoms with E-state index >= 15 is 0 Å². The smallest absolute Gasteiger partial charge is 0.379 e. The number of carbonyl (C=O) groups is 2. The molecule has 2 fully saturated rings. The van der Waals surface area contributed by atoms with E-state index in [0.29, 0.717) is 0 Å². The Labute approximate surface area is 266 Å². The number of hydrogen-bond donors (Lipinski definition) is 1. The third-order valence-electron chi connectivity index (χ3n) is 7.23. The zero-order valence-electron chi connectivity index (χ0n) is 25.0. The number of hydrogen-bond acceptors (Lipinski definition) is 13. The second-order valence-electron chi connectivity index (χ2n) is 10.6. The number of ether oxygens (including phenoxy) is 1. The second-order valence-corrected chi connectivity index (χ2v) is 10.6. The van der Waals surface area contributed by atoms with Gasteiger partial charge in [-0.25, -0.2) is 45.9 Å². The van der Waals surface area contributed by atoms with Gasteiger partial charge in [0.2, 0.25) is 0 Å². The summed E-state index contributed by atoms with van der Waals surface area (Å²) in [5.41, 5.74) is 0.278. The first-order valence-electron chi connectivity index (χ1n) is 14.4. The highest BCUT2D eigenvalue weighted by Gasteiger charge is 2.36. The van der Waals surface area contributed by atoms with Crippen molar-refractivity contribution in [3.8, 4) is 22.9 Å². The summed E-state index contributed by atoms with van der Waals surface area (Å²) in [6.45, 7) is 1.82. The Balaban J connectivity index is 0.000000188. The summed E-state index contributed by atoms with van der Waals surface area (Å²) in [4.78, 5) is 40.4. The summed E-state index contributed by atoms with van der Waals surface area (Å²) in [6.07, 6.45) is 1.10. The van der Waals surface area contributed by atoms with E-state index in [0.717, 1.165) is 12.1 Å². The summed E-state index contributed by atoms with van der Waals surface area (Å²) in [5.74, 6) is -10.2. The number of aromatic nitrogens is 6. The normalized spacial score (nSPS) is 17.0. The molecule has 0 unspecified atom stereocenters. The standard InChI is InChI=1S/C15H15F3N4O3.C13H11F3N4O3/c1-2-24-14(23)11-20-13(25-21-11)9-7-10(16)12(19-8-9)22-5-3-15(17,18)4-6-22;14-8-5-7(11-18-9(12(21)22)19-23-11)6-17-10(8)20-3-1-13(15,16)2-4-20/h7-8H,2-6H2,1H3;5-6H,1-4H2,(H,21,22). The molecule has 256 valence electrons. The third kappa shape index (κ3) is 7.97. The second kappa shape index (κ2) is 13.8. The van der Waals surface area contributed by atoms with Crippen LogP contribution in [-0.2, 0) is 4.74 Å². The van der Waals surface area contributed by atoms with E-state index in [9.17, 15) is 35.9 Å². The van der Waals surface area contributed by atoms with Gasteiger partial charge in [0.05, 0.1) is 17.7 Å². The molecular weight excluding hydrogens is 658 g/mol. The van der Waals surface area contributed by atoms with E-state index in [2.05, 4.69) is 30.2 Å². The molecule has 4 aromatic rings. The van der Waals surface area contributed by atoms with Crippen LogP contribution in [0, 0.1) is 11.6 Å². The van der Waals surface area contributed by atoms with Crippen molar-refractivity contribution in [2.24, 2.45) is 0 Å². The lowest BCUT2D eigenvalue weighted by molar-refractivity contribution is -0.0228. The SMILES string of the molecule is CCOC(=O)c1noc(-c2cnc(N3CCC(F)(F)CC3)c(F)c2)n1.O=C(O)c1noc(-c2cnc(N3CCC(F)(F)CC3)c(F)c2)n1. The first-order chi connectivity index (χ1) is 22.7. The lowest BCUT2D eigenvalue weighted by Crippen LogP contribution is -2.40. The Hall–Kier alpha value is -5.30. The molecule has 2 aliphatic heterocycles. The molecule has 4 aromatic heterocycles. The largest absolute Gasteiger partial charge is 0.475 e. The number of carboxylic acids is 1. The molecule has 48 heavy (non-hydrogen) atoms. The van der Waals surface area contributed by atoms with Gasteiger partial charge in [0.15, 0.2) is 23.3 Å². The number of rotatable bonds is 7. The van der Waals surface area contributed by atoms with Gasteiger partial charge >= 0.3 is 11.9 Å². The molecule has 20 heteroatoms. The molecule has 0 aromatic carbocycles. The summed E-state index contributed by atoms with van der Waals surface area (Å²) in [7, 11) is 0. The lowest BCUT2D eigenvalue weighted by atomic mass is 10.1. The van der Waals surface area contributed by atoms with E-state index in [1.54, 1.807) is 6.92 Å². The van der Waals surface area contributed by atoms with Gasteiger partial charge in [0, 0.05) is 64.3 Å². The van der Waals surface area contributed by atoms with Crippen molar-refractivity contribution in [3.63, 3.8) is 0 Å². The number of esters is 1. The molecule has 0 bridgehead atoms. The van der Waals surface area contributed by atoms with Crippen molar-refractivity contribution in [1.82, 2.24) is 30.2 Å². The van der Waals surface area contributed by atoms with Crippen molar-refractivity contribution < 1.29 is 54.8 Å². The Bertz CT molecular complexity index is 1770. The maximum absolute atomic E-state index is 14.3. The summed E-state index contributed by atoms with van der Waals surface area (Å²) < 4.78 is 95.5. The minimum atomic E-state index is -2.73. The van der Waals surface area contributed by atoms with E-state index in [-0.39, 0.29) is 98.8 Å². The number of carboxylic acid groups (broad SMARTS) is 1. The first-order valence-corrected chi connectivity index (χ1v) is 14.4. The molecule has 0 amide bonds. The van der Waals surface area contributed by atoms with E-state index in [4.69, 9.17) is 18.9 Å². The minimum Gasteiger partial charge on any atom is -0.475 e. The molecule has 6 rings (SSSR count). The summed E-state index contributed by atoms with van der Waals surface area (Å²) in [5, 5.41) is 15.4. The van der Waals surface area contributed by atoms with E-state index in [1.807, 2.05) is 0 Å². The molecule has 1 N–H and O–H groups in total. The van der Waals surface area contributed by atoms with Crippen LogP contribution >= 0.6 is 0 Å². The molecule has 2 aliphatic rings. The highest BCUT2D eigenvalue weighted by atomic mass is 19.3. The van der Waals surface area contributed by atoms with Gasteiger partial charge in [-0.3, -0.25) is 0 Å². The van der Waals surface area contributed by atoms with Crippen LogP contribution < -0.4 is 9.80 Å². The lowest BCUT2D eigenvalue weighted by Gasteiger charge is -2.32. The Morgan fingerprint density at radius 2 is 1.21 bits per heavy atom. The van der Waals surface area contributed by atoms with Gasteiger partial charge < -0.3 is 28.7 Å². The van der Waals surface area contributed by atoms with Crippen LogP contribution in [-0.4, -0.2) is 91.9 Å². The van der Waals surface area contributed by atoms with Crippen LogP contribution in [0.4, 0.5) is 38.0 Å². The van der Waals surface area contributed by atoms with Gasteiger partial charge in [-0.05, 0) is 29.4 Å². The number of pyridine rings is 2. The Morgan fingerprint density at radius 1 is 0.792 bits per heavy atom. The van der Waals surface area contributed by atoms with Crippen LogP contribution in [0.15, 0.2) is 33.6 Å². The van der Waals surface area contributed by atoms with E-state index < -0.39 is 41.2 Å². The summed E-state index contributed by atoms with van der Waals surface area (Å²) in [6, 6.07) is 2.16. The topological polar surface area (TPSA) is 174 Å². The predicted octanol–water partition coefficient (Wildman–Crippen LogP) is 4.89. The van der Waals surface area contributed by atoms with Crippen LogP contribution in [0.25, 0.3) is 22.9 Å². The van der Waals surface area contributed by atoms with Crippen molar-refractivity contribution in [3.05, 3.63) is 47.8 Å². The highest BCUT2D eigenvalue weighted by Crippen LogP contribution is 2.33. The van der Waals surface area contributed by atoms with Crippen LogP contribution in [0.3, 0.4) is 0 Å². The van der Waals surface area contributed by atoms with Crippen LogP contribution in [0.2, 0.25) is 0 Å². The number of aromatic carboxylic acids is 1. The maximum Gasteiger partial charge on any atom is 0.379 e. The quantitative estimate of drug-likeness (QED) is 0.206. The third-order valence-corrected chi connectivity index (χ3v) is 7.23.